The zero-order chi connectivity index (χ0) is 40.5. The normalized spacial score (nSPS) is 11.9. The van der Waals surface area contributed by atoms with E-state index in [4.69, 9.17) is 17.0 Å². The molecule has 0 saturated heterocycles. The molecule has 0 amide bonds. The average molecular weight is 855 g/mol. The molecule has 0 spiro atoms. The van der Waals surface area contributed by atoms with Gasteiger partial charge in [0.2, 0.25) is 0 Å². The van der Waals surface area contributed by atoms with Crippen LogP contribution < -0.4 is 0 Å². The van der Waals surface area contributed by atoms with Crippen molar-refractivity contribution >= 4 is 48.1 Å². The molecule has 0 unspecified atom stereocenters. The second kappa shape index (κ2) is 19.8. The van der Waals surface area contributed by atoms with Gasteiger partial charge >= 0.3 is 37.9 Å². The van der Waals surface area contributed by atoms with Crippen molar-refractivity contribution in [3.05, 3.63) is 131 Å². The molecule has 54 heavy (non-hydrogen) atoms. The van der Waals surface area contributed by atoms with Crippen molar-refractivity contribution < 1.29 is 20.8 Å². The zero-order valence-corrected chi connectivity index (χ0v) is 40.5. The van der Waals surface area contributed by atoms with E-state index in [2.05, 4.69) is 205 Å². The van der Waals surface area contributed by atoms with Gasteiger partial charge in [-0.2, -0.15) is 12.1 Å². The maximum atomic E-state index is 4.93. The molecule has 0 aliphatic heterocycles. The van der Waals surface area contributed by atoms with E-state index in [1.165, 1.54) is 66.1 Å². The van der Waals surface area contributed by atoms with Gasteiger partial charge in [0.05, 0.1) is 0 Å². The van der Waals surface area contributed by atoms with E-state index in [0.717, 1.165) is 22.4 Å². The summed E-state index contributed by atoms with van der Waals surface area (Å²) in [6, 6.07) is 40.9. The van der Waals surface area contributed by atoms with Crippen molar-refractivity contribution in [3.8, 4) is 22.3 Å². The van der Waals surface area contributed by atoms with Crippen molar-refractivity contribution in [3.63, 3.8) is 0 Å². The molecule has 0 nitrogen and oxygen atoms in total. The Morgan fingerprint density at radius 3 is 1.06 bits per heavy atom. The fourth-order valence-electron chi connectivity index (χ4n) is 6.83. The third-order valence-corrected chi connectivity index (χ3v) is 9.21. The van der Waals surface area contributed by atoms with Crippen molar-refractivity contribution in [2.75, 3.05) is 0 Å². The molecule has 0 saturated carbocycles. The molecule has 0 aliphatic carbocycles. The molecule has 0 aliphatic rings. The van der Waals surface area contributed by atoms with Crippen LogP contribution in [0.25, 0.3) is 43.8 Å². The Morgan fingerprint density at radius 2 is 0.796 bits per heavy atom. The van der Waals surface area contributed by atoms with Crippen LogP contribution in [0.5, 0.6) is 0 Å². The molecule has 0 aromatic heterocycles. The van der Waals surface area contributed by atoms with Gasteiger partial charge in [-0.15, -0.1) is 69.1 Å². The Balaban J connectivity index is 0.000000254. The fourth-order valence-corrected chi connectivity index (χ4v) is 6.83. The summed E-state index contributed by atoms with van der Waals surface area (Å²) in [5, 5.41) is 5.46. The van der Waals surface area contributed by atoms with Crippen molar-refractivity contribution in [2.24, 2.45) is 10.8 Å². The molecule has 6 rings (SSSR count). The molecular weight excluding hydrogens is 791 g/mol. The summed E-state index contributed by atoms with van der Waals surface area (Å²) in [5.41, 5.74) is 12.0. The minimum atomic E-state index is -0.826. The molecule has 6 aromatic rings. The van der Waals surface area contributed by atoms with Crippen LogP contribution in [0.2, 0.25) is 13.1 Å². The first kappa shape index (κ1) is 46.2. The molecule has 0 heterocycles. The van der Waals surface area contributed by atoms with Crippen LogP contribution in [-0.2, 0) is 44.5 Å². The van der Waals surface area contributed by atoms with Gasteiger partial charge in [-0.05, 0) is 56.8 Å². The van der Waals surface area contributed by atoms with Crippen LogP contribution in [0.4, 0.5) is 0 Å². The average Bonchev–Trinajstić information content (AvgIpc) is 3.66. The standard InChI is InChI=1S/2C24H29.C2H6Si.2ClH.Zr/c2*1-23(2,3)16-17-14-19-8-7-9-21(22(19)15-17)18-10-12-20(13-11-18)24(4,5)6;1-3-2;;;/h2*7-15H,16H2,1-6H3;1-2H3;2*1H;/q2*-1;;;;+4/p-2. The second-order valence-corrected chi connectivity index (χ2v) is 23.8. The van der Waals surface area contributed by atoms with Crippen LogP contribution in [0.3, 0.4) is 0 Å². The van der Waals surface area contributed by atoms with E-state index < -0.39 is 20.8 Å². The minimum absolute atomic E-state index is 0.199. The Labute approximate surface area is 350 Å². The van der Waals surface area contributed by atoms with Crippen LogP contribution in [0.1, 0.15) is 105 Å². The third kappa shape index (κ3) is 14.1. The Kier molecular flexibility index (Phi) is 16.9. The topological polar surface area (TPSA) is 0 Å². The molecular formula is C50H64Cl2SiZr. The first-order chi connectivity index (χ1) is 25.1. The molecule has 4 heteroatoms. The van der Waals surface area contributed by atoms with Crippen LogP contribution >= 0.6 is 17.0 Å². The second-order valence-electron chi connectivity index (χ2n) is 19.0. The summed E-state index contributed by atoms with van der Waals surface area (Å²) in [7, 11) is 11.0. The molecule has 286 valence electrons. The summed E-state index contributed by atoms with van der Waals surface area (Å²) in [5.74, 6) is 0. The summed E-state index contributed by atoms with van der Waals surface area (Å²) in [6.07, 6.45) is 2.23. The Bertz CT molecular complexity index is 1870. The van der Waals surface area contributed by atoms with Gasteiger partial charge in [-0.1, -0.05) is 168 Å². The van der Waals surface area contributed by atoms with Gasteiger partial charge in [0, 0.05) is 9.52 Å². The van der Waals surface area contributed by atoms with Gasteiger partial charge < -0.3 is 0 Å². The van der Waals surface area contributed by atoms with Crippen LogP contribution in [0.15, 0.2) is 109 Å². The van der Waals surface area contributed by atoms with E-state index in [1.54, 1.807) is 0 Å². The maximum absolute atomic E-state index is 4.93. The SMILES string of the molecule is CC(C)(C)Cc1cc2c(-c3ccc(C(C)(C)C)cc3)cccc2[cH-]1.CC(C)(C)Cc1cc2c(-c3ccc(C(C)(C)C)cc3)cccc2[cH-]1.C[Si]C.[Cl][Zr+2][Cl]. The molecule has 0 fully saturated rings. The van der Waals surface area contributed by atoms with Crippen LogP contribution in [-0.4, -0.2) is 9.52 Å². The summed E-state index contributed by atoms with van der Waals surface area (Å²) in [6.45, 7) is 31.7. The van der Waals surface area contributed by atoms with E-state index in [0.29, 0.717) is 10.8 Å². The number of rotatable bonds is 4. The Morgan fingerprint density at radius 1 is 0.500 bits per heavy atom. The van der Waals surface area contributed by atoms with Gasteiger partial charge in [0.1, 0.15) is 0 Å². The number of hydrogen-bond acceptors (Lipinski definition) is 0. The summed E-state index contributed by atoms with van der Waals surface area (Å²) in [4.78, 5) is 0. The number of benzene rings is 4. The number of fused-ring (bicyclic) bond motifs is 2. The van der Waals surface area contributed by atoms with Gasteiger partial charge in [-0.3, -0.25) is 0 Å². The van der Waals surface area contributed by atoms with E-state index in [-0.39, 0.29) is 10.8 Å². The van der Waals surface area contributed by atoms with Gasteiger partial charge in [0.25, 0.3) is 0 Å². The molecule has 2 radical (unpaired) electrons. The predicted molar refractivity (Wildman–Crippen MR) is 243 cm³/mol. The van der Waals surface area contributed by atoms with Crippen molar-refractivity contribution in [1.29, 1.82) is 0 Å². The number of hydrogen-bond donors (Lipinski definition) is 0. The van der Waals surface area contributed by atoms with E-state index in [1.807, 2.05) is 0 Å². The molecule has 6 aromatic carbocycles. The van der Waals surface area contributed by atoms with Crippen molar-refractivity contribution in [1.82, 2.24) is 0 Å². The quantitative estimate of drug-likeness (QED) is 0.122. The number of halogens is 2. The summed E-state index contributed by atoms with van der Waals surface area (Å²) >= 11 is -0.826. The first-order valence-electron chi connectivity index (χ1n) is 19.2. The van der Waals surface area contributed by atoms with Crippen LogP contribution in [0, 0.1) is 10.8 Å². The van der Waals surface area contributed by atoms with Gasteiger partial charge in [-0.25, -0.2) is 0 Å². The Hall–Kier alpha value is -2.22. The third-order valence-electron chi connectivity index (χ3n) is 9.21. The first-order valence-corrected chi connectivity index (χ1v) is 27.6. The molecule has 0 bridgehead atoms. The fraction of sp³-hybridized carbons (Fsp3) is 0.400. The monoisotopic (exact) mass is 852 g/mol. The summed E-state index contributed by atoms with van der Waals surface area (Å²) < 4.78 is 0. The molecule has 0 atom stereocenters. The van der Waals surface area contributed by atoms with Crippen molar-refractivity contribution in [2.45, 2.75) is 120 Å². The van der Waals surface area contributed by atoms with Gasteiger partial charge in [0.15, 0.2) is 0 Å². The van der Waals surface area contributed by atoms with E-state index >= 15 is 0 Å². The predicted octanol–water partition coefficient (Wildman–Crippen LogP) is 16.4. The molecule has 0 N–H and O–H groups in total. The van der Waals surface area contributed by atoms with E-state index in [9.17, 15) is 0 Å². The zero-order valence-electron chi connectivity index (χ0n) is 35.6.